The van der Waals surface area contributed by atoms with Crippen LogP contribution in [0.4, 0.5) is 0 Å². The number of thiophene rings is 1. The summed E-state index contributed by atoms with van der Waals surface area (Å²) in [5, 5.41) is 16.2. The number of rotatable bonds is 8. The summed E-state index contributed by atoms with van der Waals surface area (Å²) in [4.78, 5) is 24.3. The van der Waals surface area contributed by atoms with Crippen LogP contribution in [0.5, 0.6) is 5.75 Å². The second-order valence-corrected chi connectivity index (χ2v) is 7.42. The molecule has 0 saturated carbocycles. The fourth-order valence-corrected chi connectivity index (χ4v) is 3.88. The summed E-state index contributed by atoms with van der Waals surface area (Å²) >= 11 is 2.79. The van der Waals surface area contributed by atoms with Gasteiger partial charge in [0, 0.05) is 7.05 Å². The zero-order valence-corrected chi connectivity index (χ0v) is 17.0. The van der Waals surface area contributed by atoms with Crippen LogP contribution in [0.15, 0.2) is 46.9 Å². The first-order valence-electron chi connectivity index (χ1n) is 8.36. The van der Waals surface area contributed by atoms with Gasteiger partial charge in [-0.1, -0.05) is 30.0 Å². The van der Waals surface area contributed by atoms with Gasteiger partial charge in [-0.3, -0.25) is 14.2 Å². The Bertz CT molecular complexity index is 956. The highest BCUT2D eigenvalue weighted by atomic mass is 32.2. The van der Waals surface area contributed by atoms with Crippen molar-refractivity contribution in [2.75, 3.05) is 26.5 Å². The number of hydrogen-bond donors (Lipinski definition) is 2. The van der Waals surface area contributed by atoms with E-state index >= 15 is 0 Å². The molecule has 28 heavy (non-hydrogen) atoms. The fraction of sp³-hybridized carbons (Fsp3) is 0.222. The molecule has 1 aromatic carbocycles. The van der Waals surface area contributed by atoms with Crippen LogP contribution in [0.25, 0.3) is 16.4 Å². The minimum Gasteiger partial charge on any atom is -0.495 e. The molecule has 2 heterocycles. The smallest absolute Gasteiger partial charge is 0.239 e. The number of likely N-dealkylation sites (N-methyl/N-ethyl adjacent to an activating group) is 1. The molecule has 0 aliphatic heterocycles. The molecule has 2 amide bonds. The third-order valence-electron chi connectivity index (χ3n) is 3.76. The number of aromatic nitrogens is 3. The number of amides is 2. The molecule has 0 unspecified atom stereocenters. The second kappa shape index (κ2) is 9.38. The van der Waals surface area contributed by atoms with Gasteiger partial charge in [0.25, 0.3) is 0 Å². The Kier molecular flexibility index (Phi) is 6.66. The number of benzene rings is 1. The third kappa shape index (κ3) is 4.52. The zero-order valence-electron chi connectivity index (χ0n) is 15.3. The number of carbonyl (C=O) groups is 2. The minimum absolute atomic E-state index is 0.0600. The molecule has 0 atom stereocenters. The van der Waals surface area contributed by atoms with Crippen LogP contribution in [-0.4, -0.2) is 53.0 Å². The number of para-hydroxylation sites is 2. The predicted molar refractivity (Wildman–Crippen MR) is 109 cm³/mol. The van der Waals surface area contributed by atoms with E-state index in [1.807, 2.05) is 46.3 Å². The molecule has 0 saturated heterocycles. The summed E-state index contributed by atoms with van der Waals surface area (Å²) in [6, 6.07) is 11.5. The van der Waals surface area contributed by atoms with Crippen LogP contribution in [-0.2, 0) is 9.59 Å². The van der Waals surface area contributed by atoms with Gasteiger partial charge >= 0.3 is 0 Å². The van der Waals surface area contributed by atoms with Crippen LogP contribution < -0.4 is 15.4 Å². The average Bonchev–Trinajstić information content (AvgIpc) is 3.39. The Labute approximate surface area is 170 Å². The number of nitrogens with zero attached hydrogens (tertiary/aromatic N) is 3. The van der Waals surface area contributed by atoms with Crippen molar-refractivity contribution in [3.8, 4) is 22.1 Å². The highest BCUT2D eigenvalue weighted by Gasteiger charge is 2.20. The van der Waals surface area contributed by atoms with Crippen molar-refractivity contribution in [3.05, 3.63) is 41.8 Å². The van der Waals surface area contributed by atoms with Crippen molar-refractivity contribution >= 4 is 34.9 Å². The molecule has 0 aliphatic carbocycles. The summed E-state index contributed by atoms with van der Waals surface area (Å²) in [5.74, 6) is 0.935. The molecule has 3 aromatic rings. The van der Waals surface area contributed by atoms with E-state index in [4.69, 9.17) is 4.74 Å². The van der Waals surface area contributed by atoms with Gasteiger partial charge in [0.15, 0.2) is 11.0 Å². The number of thioether (sulfide) groups is 1. The molecule has 0 spiro atoms. The van der Waals surface area contributed by atoms with E-state index in [9.17, 15) is 9.59 Å². The largest absolute Gasteiger partial charge is 0.495 e. The van der Waals surface area contributed by atoms with E-state index in [1.54, 1.807) is 18.4 Å². The molecule has 3 rings (SSSR count). The van der Waals surface area contributed by atoms with Crippen molar-refractivity contribution in [2.45, 2.75) is 5.16 Å². The van der Waals surface area contributed by atoms with Crippen molar-refractivity contribution < 1.29 is 14.3 Å². The number of ether oxygens (including phenoxy) is 1. The highest BCUT2D eigenvalue weighted by Crippen LogP contribution is 2.33. The second-order valence-electron chi connectivity index (χ2n) is 5.53. The SMILES string of the molecule is CNC(=O)CNC(=O)CSc1nnc(-c2cccs2)n1-c1ccccc1OC. The van der Waals surface area contributed by atoms with Crippen molar-refractivity contribution in [3.63, 3.8) is 0 Å². The first kappa shape index (κ1) is 19.9. The maximum Gasteiger partial charge on any atom is 0.239 e. The molecule has 0 bridgehead atoms. The van der Waals surface area contributed by atoms with Crippen LogP contribution >= 0.6 is 23.1 Å². The molecule has 10 heteroatoms. The molecule has 0 radical (unpaired) electrons. The van der Waals surface area contributed by atoms with Crippen molar-refractivity contribution in [1.29, 1.82) is 0 Å². The quantitative estimate of drug-likeness (QED) is 0.544. The first-order chi connectivity index (χ1) is 13.6. The van der Waals surface area contributed by atoms with Gasteiger partial charge in [-0.05, 0) is 23.6 Å². The minimum atomic E-state index is -0.263. The first-order valence-corrected chi connectivity index (χ1v) is 10.2. The maximum atomic E-state index is 12.1. The van der Waals surface area contributed by atoms with E-state index in [1.165, 1.54) is 18.8 Å². The van der Waals surface area contributed by atoms with Gasteiger partial charge in [-0.15, -0.1) is 21.5 Å². The Morgan fingerprint density at radius 2 is 2.00 bits per heavy atom. The third-order valence-corrected chi connectivity index (χ3v) is 5.55. The molecular formula is C18H19N5O3S2. The number of nitrogens with one attached hydrogen (secondary N) is 2. The highest BCUT2D eigenvalue weighted by molar-refractivity contribution is 7.99. The van der Waals surface area contributed by atoms with Gasteiger partial charge in [0.2, 0.25) is 11.8 Å². The topological polar surface area (TPSA) is 98.1 Å². The Balaban J connectivity index is 1.88. The van der Waals surface area contributed by atoms with Gasteiger partial charge in [0.05, 0.1) is 30.0 Å². The number of carbonyl (C=O) groups excluding carboxylic acids is 2. The monoisotopic (exact) mass is 417 g/mol. The summed E-state index contributed by atoms with van der Waals surface area (Å²) < 4.78 is 7.37. The van der Waals surface area contributed by atoms with Crippen LogP contribution in [0.3, 0.4) is 0 Å². The standard InChI is InChI=1S/C18H19N5O3S2/c1-19-15(24)10-20-16(25)11-28-18-22-21-17(14-8-5-9-27-14)23(18)12-6-3-4-7-13(12)26-2/h3-9H,10-11H2,1-2H3,(H,19,24)(H,20,25). The maximum absolute atomic E-state index is 12.1. The van der Waals surface area contributed by atoms with E-state index in [-0.39, 0.29) is 24.1 Å². The molecule has 0 aliphatic rings. The van der Waals surface area contributed by atoms with E-state index < -0.39 is 0 Å². The summed E-state index contributed by atoms with van der Waals surface area (Å²) in [7, 11) is 3.12. The lowest BCUT2D eigenvalue weighted by Gasteiger charge is -2.13. The lowest BCUT2D eigenvalue weighted by molar-refractivity contribution is -0.124. The molecule has 0 fully saturated rings. The summed E-state index contributed by atoms with van der Waals surface area (Å²) in [6.07, 6.45) is 0. The van der Waals surface area contributed by atoms with Gasteiger partial charge in [-0.25, -0.2) is 0 Å². The van der Waals surface area contributed by atoms with Crippen molar-refractivity contribution in [1.82, 2.24) is 25.4 Å². The van der Waals surface area contributed by atoms with Crippen LogP contribution in [0.2, 0.25) is 0 Å². The summed E-state index contributed by atoms with van der Waals surface area (Å²) in [6.45, 7) is -0.0600. The lowest BCUT2D eigenvalue weighted by Crippen LogP contribution is -2.36. The average molecular weight is 418 g/mol. The number of methoxy groups -OCH3 is 1. The fourth-order valence-electron chi connectivity index (χ4n) is 2.41. The van der Waals surface area contributed by atoms with Crippen molar-refractivity contribution in [2.24, 2.45) is 0 Å². The van der Waals surface area contributed by atoms with Gasteiger partial charge in [-0.2, -0.15) is 0 Å². The van der Waals surface area contributed by atoms with Gasteiger partial charge in [0.1, 0.15) is 5.75 Å². The molecular weight excluding hydrogens is 398 g/mol. The van der Waals surface area contributed by atoms with Gasteiger partial charge < -0.3 is 15.4 Å². The normalized spacial score (nSPS) is 10.5. The molecule has 8 nitrogen and oxygen atoms in total. The number of hydrogen-bond acceptors (Lipinski definition) is 7. The van der Waals surface area contributed by atoms with Crippen LogP contribution in [0, 0.1) is 0 Å². The van der Waals surface area contributed by atoms with E-state index in [0.717, 1.165) is 10.6 Å². The zero-order chi connectivity index (χ0) is 19.9. The molecule has 2 aromatic heterocycles. The summed E-state index contributed by atoms with van der Waals surface area (Å²) in [5.41, 5.74) is 0.784. The molecule has 146 valence electrons. The Morgan fingerprint density at radius 3 is 2.71 bits per heavy atom. The van der Waals surface area contributed by atoms with E-state index in [0.29, 0.717) is 16.7 Å². The Hall–Kier alpha value is -2.85. The predicted octanol–water partition coefficient (Wildman–Crippen LogP) is 1.96. The Morgan fingerprint density at radius 1 is 1.18 bits per heavy atom. The van der Waals surface area contributed by atoms with E-state index in [2.05, 4.69) is 20.8 Å². The van der Waals surface area contributed by atoms with Crippen LogP contribution in [0.1, 0.15) is 0 Å². The lowest BCUT2D eigenvalue weighted by atomic mass is 10.3. The molecule has 2 N–H and O–H groups in total.